The number of nitrogens with zero attached hydrogens (tertiary/aromatic N) is 1. The highest BCUT2D eigenvalue weighted by Crippen LogP contribution is 2.65. The lowest BCUT2D eigenvalue weighted by molar-refractivity contribution is 0.660. The number of anilines is 3. The summed E-state index contributed by atoms with van der Waals surface area (Å²) in [6.45, 7) is 4.75. The van der Waals surface area contributed by atoms with Crippen LogP contribution in [0.3, 0.4) is 0 Å². The summed E-state index contributed by atoms with van der Waals surface area (Å²) < 4.78 is 0. The Balaban J connectivity index is 1.25. The molecule has 8 aromatic carbocycles. The molecule has 0 saturated carbocycles. The normalized spacial score (nSPS) is 14.8. The van der Waals surface area contributed by atoms with Crippen molar-refractivity contribution in [2.45, 2.75) is 24.7 Å². The Bertz CT molecular complexity index is 2680. The summed E-state index contributed by atoms with van der Waals surface area (Å²) in [5, 5.41) is 2.48. The molecule has 1 heteroatoms. The van der Waals surface area contributed by atoms with Crippen molar-refractivity contribution in [3.8, 4) is 33.4 Å². The predicted octanol–water partition coefficient (Wildman–Crippen LogP) is 13.0. The quantitative estimate of drug-likeness (QED) is 0.184. The van der Waals surface area contributed by atoms with Gasteiger partial charge in [0, 0.05) is 22.4 Å². The van der Waals surface area contributed by atoms with Crippen molar-refractivity contribution >= 4 is 27.8 Å². The third kappa shape index (κ3) is 3.65. The van der Waals surface area contributed by atoms with Gasteiger partial charge in [-0.2, -0.15) is 0 Å². The molecule has 11 rings (SSSR count). The largest absolute Gasteiger partial charge is 0.310 e. The number of fused-ring (bicyclic) bond motifs is 14. The molecule has 3 aliphatic rings. The lowest BCUT2D eigenvalue weighted by Crippen LogP contribution is -2.28. The van der Waals surface area contributed by atoms with Crippen LogP contribution < -0.4 is 4.90 Å². The van der Waals surface area contributed by atoms with Crippen molar-refractivity contribution in [3.63, 3.8) is 0 Å². The predicted molar refractivity (Wildman–Crippen MR) is 212 cm³/mol. The van der Waals surface area contributed by atoms with Crippen LogP contribution in [0.1, 0.15) is 47.2 Å². The van der Waals surface area contributed by atoms with E-state index >= 15 is 0 Å². The highest BCUT2D eigenvalue weighted by Gasteiger charge is 2.53. The van der Waals surface area contributed by atoms with Crippen molar-refractivity contribution in [2.24, 2.45) is 0 Å². The lowest BCUT2D eigenvalue weighted by atomic mass is 9.70. The van der Waals surface area contributed by atoms with Crippen molar-refractivity contribution in [1.82, 2.24) is 0 Å². The third-order valence-corrected chi connectivity index (χ3v) is 12.0. The number of hydrogen-bond donors (Lipinski definition) is 0. The van der Waals surface area contributed by atoms with Crippen molar-refractivity contribution in [1.29, 1.82) is 0 Å². The van der Waals surface area contributed by atoms with Crippen LogP contribution in [0.15, 0.2) is 176 Å². The highest BCUT2D eigenvalue weighted by molar-refractivity contribution is 6.00. The third-order valence-electron chi connectivity index (χ3n) is 12.0. The number of rotatable bonds is 3. The van der Waals surface area contributed by atoms with E-state index in [1.54, 1.807) is 0 Å². The molecule has 0 bridgehead atoms. The molecule has 240 valence electrons. The summed E-state index contributed by atoms with van der Waals surface area (Å²) in [5.74, 6) is 0. The summed E-state index contributed by atoms with van der Waals surface area (Å²) in [5.41, 5.74) is 19.1. The fourth-order valence-electron chi connectivity index (χ4n) is 9.89. The average Bonchev–Trinajstić information content (AvgIpc) is 3.74. The molecule has 0 amide bonds. The molecule has 0 fully saturated rings. The van der Waals surface area contributed by atoms with Gasteiger partial charge >= 0.3 is 0 Å². The van der Waals surface area contributed by atoms with Crippen LogP contribution in [0.2, 0.25) is 0 Å². The van der Waals surface area contributed by atoms with Crippen LogP contribution in [0.5, 0.6) is 0 Å². The van der Waals surface area contributed by atoms with E-state index in [0.29, 0.717) is 0 Å². The van der Waals surface area contributed by atoms with Crippen molar-refractivity contribution in [3.05, 3.63) is 209 Å². The minimum atomic E-state index is -0.461. The van der Waals surface area contributed by atoms with Crippen LogP contribution in [-0.4, -0.2) is 0 Å². The van der Waals surface area contributed by atoms with Gasteiger partial charge < -0.3 is 4.90 Å². The summed E-state index contributed by atoms with van der Waals surface area (Å²) in [7, 11) is 0. The van der Waals surface area contributed by atoms with E-state index < -0.39 is 5.41 Å². The maximum atomic E-state index is 2.54. The van der Waals surface area contributed by atoms with E-state index in [9.17, 15) is 0 Å². The van der Waals surface area contributed by atoms with Gasteiger partial charge in [0.25, 0.3) is 0 Å². The average molecular weight is 650 g/mol. The zero-order valence-electron chi connectivity index (χ0n) is 28.7. The van der Waals surface area contributed by atoms with Gasteiger partial charge in [-0.1, -0.05) is 159 Å². The lowest BCUT2D eigenvalue weighted by Gasteiger charge is -2.36. The van der Waals surface area contributed by atoms with Crippen molar-refractivity contribution < 1.29 is 0 Å². The Morgan fingerprint density at radius 3 is 1.49 bits per heavy atom. The number of hydrogen-bond acceptors (Lipinski definition) is 1. The van der Waals surface area contributed by atoms with Gasteiger partial charge in [0.05, 0.1) is 11.1 Å². The van der Waals surface area contributed by atoms with E-state index in [2.05, 4.69) is 195 Å². The maximum Gasteiger partial charge on any atom is 0.0746 e. The first-order valence-electron chi connectivity index (χ1n) is 18.0. The molecule has 1 nitrogen and oxygen atoms in total. The minimum Gasteiger partial charge on any atom is -0.310 e. The van der Waals surface area contributed by atoms with Gasteiger partial charge in [-0.25, -0.2) is 0 Å². The Hall–Kier alpha value is -6.18. The minimum absolute atomic E-state index is 0.115. The van der Waals surface area contributed by atoms with E-state index in [-0.39, 0.29) is 5.41 Å². The zero-order valence-corrected chi connectivity index (χ0v) is 28.7. The monoisotopic (exact) mass is 649 g/mol. The zero-order chi connectivity index (χ0) is 33.9. The fraction of sp³-hybridized carbons (Fsp3) is 0.0800. The van der Waals surface area contributed by atoms with Gasteiger partial charge in [-0.3, -0.25) is 0 Å². The van der Waals surface area contributed by atoms with E-state index in [1.807, 2.05) is 0 Å². The Kier molecular flexibility index (Phi) is 5.72. The Morgan fingerprint density at radius 1 is 0.353 bits per heavy atom. The molecule has 0 saturated heterocycles. The van der Waals surface area contributed by atoms with E-state index in [4.69, 9.17) is 0 Å². The first-order chi connectivity index (χ1) is 25.1. The first kappa shape index (κ1) is 28.6. The highest BCUT2D eigenvalue weighted by atomic mass is 15.1. The van der Waals surface area contributed by atoms with Crippen LogP contribution in [-0.2, 0) is 10.8 Å². The smallest absolute Gasteiger partial charge is 0.0746 e. The van der Waals surface area contributed by atoms with Crippen LogP contribution >= 0.6 is 0 Å². The molecule has 51 heavy (non-hydrogen) atoms. The molecule has 0 aromatic heterocycles. The molecule has 3 aliphatic carbocycles. The van der Waals surface area contributed by atoms with Gasteiger partial charge in [0.15, 0.2) is 0 Å². The van der Waals surface area contributed by atoms with E-state index in [1.165, 1.54) is 88.9 Å². The second-order valence-electron chi connectivity index (χ2n) is 14.9. The summed E-state index contributed by atoms with van der Waals surface area (Å²) in [6, 6.07) is 66.0. The van der Waals surface area contributed by atoms with Crippen LogP contribution in [0.25, 0.3) is 44.2 Å². The first-order valence-corrected chi connectivity index (χ1v) is 18.0. The van der Waals surface area contributed by atoms with Gasteiger partial charge in [-0.05, 0) is 102 Å². The maximum absolute atomic E-state index is 2.54. The molecular weight excluding hydrogens is 615 g/mol. The molecule has 1 spiro atoms. The number of benzene rings is 8. The molecule has 0 radical (unpaired) electrons. The molecule has 8 aromatic rings. The molecule has 0 N–H and O–H groups in total. The van der Waals surface area contributed by atoms with Gasteiger partial charge in [0.1, 0.15) is 0 Å². The molecule has 0 aliphatic heterocycles. The van der Waals surface area contributed by atoms with Crippen molar-refractivity contribution in [2.75, 3.05) is 4.90 Å². The standard InChI is InChI=1S/C50H35N/c1-49(2)42-21-9-5-16-36(42)40-29-28-35(31-46(40)49)51(34-27-26-32-14-3-4-15-33(32)30-34)47-25-13-20-41-39-19-8-12-24-45(39)50(48(41)47)43-22-10-6-17-37(43)38-18-7-11-23-44(38)50/h3-31H,1-2H3. The molecular formula is C50H35N. The molecule has 0 atom stereocenters. The fourth-order valence-corrected chi connectivity index (χ4v) is 9.89. The van der Waals surface area contributed by atoms with Gasteiger partial charge in [0.2, 0.25) is 0 Å². The molecule has 0 heterocycles. The topological polar surface area (TPSA) is 3.24 Å². The molecule has 0 unspecified atom stereocenters. The SMILES string of the molecule is CC1(C)c2ccccc2-c2ccc(N(c3ccc4ccccc4c3)c3cccc4c3C3(c5ccccc5-c5ccccc53)c3ccccc3-4)cc21. The summed E-state index contributed by atoms with van der Waals surface area (Å²) in [4.78, 5) is 2.54. The van der Waals surface area contributed by atoms with Crippen LogP contribution in [0.4, 0.5) is 17.1 Å². The van der Waals surface area contributed by atoms with Crippen LogP contribution in [0, 0.1) is 0 Å². The Morgan fingerprint density at radius 2 is 0.824 bits per heavy atom. The Labute approximate surface area is 299 Å². The van der Waals surface area contributed by atoms with Gasteiger partial charge in [-0.15, -0.1) is 0 Å². The second-order valence-corrected chi connectivity index (χ2v) is 14.9. The summed E-state index contributed by atoms with van der Waals surface area (Å²) >= 11 is 0. The second kappa shape index (κ2) is 10.2. The van der Waals surface area contributed by atoms with E-state index in [0.717, 1.165) is 5.69 Å². The summed E-state index contributed by atoms with van der Waals surface area (Å²) in [6.07, 6.45) is 0.